The van der Waals surface area contributed by atoms with Crippen LogP contribution < -0.4 is 14.8 Å². The number of anilines is 1. The van der Waals surface area contributed by atoms with E-state index >= 15 is 0 Å². The van der Waals surface area contributed by atoms with E-state index in [2.05, 4.69) is 10.3 Å². The van der Waals surface area contributed by atoms with Gasteiger partial charge in [0.25, 0.3) is 5.91 Å². The minimum absolute atomic E-state index is 0.0776. The van der Waals surface area contributed by atoms with Crippen molar-refractivity contribution in [1.82, 2.24) is 4.98 Å². The van der Waals surface area contributed by atoms with Crippen LogP contribution in [0.3, 0.4) is 0 Å². The van der Waals surface area contributed by atoms with Crippen molar-refractivity contribution >= 4 is 22.4 Å². The molecular weight excluding hydrogens is 340 g/mol. The van der Waals surface area contributed by atoms with Crippen molar-refractivity contribution in [2.45, 2.75) is 0 Å². The first-order chi connectivity index (χ1) is 12.1. The number of thiazole rings is 1. The lowest BCUT2D eigenvalue weighted by atomic mass is 10.1. The number of ether oxygens (including phenoxy) is 2. The number of hydrogen-bond acceptors (Lipinski definition) is 6. The predicted octanol–water partition coefficient (Wildman–Crippen LogP) is 3.79. The van der Waals surface area contributed by atoms with Crippen molar-refractivity contribution in [1.29, 1.82) is 0 Å². The standard InChI is InChI=1S/C18H16N2O4S/c1-23-11-7-8-16(24-2)13(9-11)14-10-25-18(19-14)20-17(22)12-5-3-4-6-15(12)21/h3-10,21H,1-2H3,(H,19,20,22). The molecular formula is C18H16N2O4S. The van der Waals surface area contributed by atoms with Crippen LogP contribution in [-0.4, -0.2) is 30.2 Å². The second-order valence-electron chi connectivity index (χ2n) is 5.08. The summed E-state index contributed by atoms with van der Waals surface area (Å²) in [5, 5.41) is 14.7. The number of para-hydroxylation sites is 1. The number of nitrogens with zero attached hydrogens (tertiary/aromatic N) is 1. The monoisotopic (exact) mass is 356 g/mol. The summed E-state index contributed by atoms with van der Waals surface area (Å²) < 4.78 is 10.6. The lowest BCUT2D eigenvalue weighted by molar-refractivity contribution is 0.102. The smallest absolute Gasteiger partial charge is 0.261 e. The number of aromatic hydroxyl groups is 1. The molecule has 6 nitrogen and oxygen atoms in total. The summed E-state index contributed by atoms with van der Waals surface area (Å²) in [7, 11) is 3.17. The molecule has 0 saturated carbocycles. The quantitative estimate of drug-likeness (QED) is 0.727. The van der Waals surface area contributed by atoms with E-state index in [1.54, 1.807) is 44.6 Å². The molecule has 3 aromatic rings. The van der Waals surface area contributed by atoms with Crippen LogP contribution in [0.15, 0.2) is 47.8 Å². The number of carbonyl (C=O) groups is 1. The van der Waals surface area contributed by atoms with Gasteiger partial charge in [0.15, 0.2) is 5.13 Å². The third-order valence-electron chi connectivity index (χ3n) is 3.56. The Morgan fingerprint density at radius 3 is 2.68 bits per heavy atom. The third kappa shape index (κ3) is 3.56. The number of hydrogen-bond donors (Lipinski definition) is 2. The fraction of sp³-hybridized carbons (Fsp3) is 0.111. The summed E-state index contributed by atoms with van der Waals surface area (Å²) in [4.78, 5) is 16.7. The van der Waals surface area contributed by atoms with Gasteiger partial charge in [0, 0.05) is 10.9 Å². The number of methoxy groups -OCH3 is 2. The molecule has 0 atom stereocenters. The second kappa shape index (κ2) is 7.23. The van der Waals surface area contributed by atoms with E-state index < -0.39 is 5.91 Å². The molecule has 0 radical (unpaired) electrons. The van der Waals surface area contributed by atoms with E-state index in [4.69, 9.17) is 9.47 Å². The van der Waals surface area contributed by atoms with E-state index in [1.165, 1.54) is 17.4 Å². The predicted molar refractivity (Wildman–Crippen MR) is 96.7 cm³/mol. The van der Waals surface area contributed by atoms with Crippen molar-refractivity contribution in [3.8, 4) is 28.5 Å². The molecule has 25 heavy (non-hydrogen) atoms. The van der Waals surface area contributed by atoms with E-state index in [1.807, 2.05) is 11.4 Å². The zero-order chi connectivity index (χ0) is 17.8. The highest BCUT2D eigenvalue weighted by Crippen LogP contribution is 2.35. The van der Waals surface area contributed by atoms with Gasteiger partial charge in [0.1, 0.15) is 17.2 Å². The van der Waals surface area contributed by atoms with E-state index in [9.17, 15) is 9.90 Å². The van der Waals surface area contributed by atoms with Crippen molar-refractivity contribution in [3.05, 3.63) is 53.4 Å². The first kappa shape index (κ1) is 16.8. The van der Waals surface area contributed by atoms with Crippen LogP contribution in [0.1, 0.15) is 10.4 Å². The zero-order valence-corrected chi connectivity index (χ0v) is 14.5. The Morgan fingerprint density at radius 2 is 1.96 bits per heavy atom. The highest BCUT2D eigenvalue weighted by atomic mass is 32.1. The maximum atomic E-state index is 12.3. The first-order valence-electron chi connectivity index (χ1n) is 7.39. The van der Waals surface area contributed by atoms with Crippen molar-refractivity contribution in [2.75, 3.05) is 19.5 Å². The maximum absolute atomic E-state index is 12.3. The van der Waals surface area contributed by atoms with Crippen LogP contribution in [0.2, 0.25) is 0 Å². The molecule has 0 aliphatic heterocycles. The molecule has 0 aliphatic rings. The molecule has 1 amide bonds. The number of aromatic nitrogens is 1. The molecule has 0 aliphatic carbocycles. The van der Waals surface area contributed by atoms with Gasteiger partial charge in [-0.15, -0.1) is 11.3 Å². The highest BCUT2D eigenvalue weighted by molar-refractivity contribution is 7.14. The molecule has 2 N–H and O–H groups in total. The summed E-state index contributed by atoms with van der Waals surface area (Å²) in [6.45, 7) is 0. The molecule has 3 rings (SSSR count). The Morgan fingerprint density at radius 1 is 1.16 bits per heavy atom. The number of carbonyl (C=O) groups excluding carboxylic acids is 1. The van der Waals surface area contributed by atoms with Gasteiger partial charge in [-0.1, -0.05) is 12.1 Å². The van der Waals surface area contributed by atoms with Gasteiger partial charge in [-0.25, -0.2) is 4.98 Å². The molecule has 0 spiro atoms. The molecule has 1 aromatic heterocycles. The van der Waals surface area contributed by atoms with Crippen molar-refractivity contribution in [3.63, 3.8) is 0 Å². The van der Waals surface area contributed by atoms with Crippen LogP contribution in [0.5, 0.6) is 17.2 Å². The summed E-state index contributed by atoms with van der Waals surface area (Å²) in [5.41, 5.74) is 1.62. The largest absolute Gasteiger partial charge is 0.507 e. The van der Waals surface area contributed by atoms with E-state index in [-0.39, 0.29) is 11.3 Å². The number of phenols is 1. The zero-order valence-electron chi connectivity index (χ0n) is 13.6. The average Bonchev–Trinajstić information content (AvgIpc) is 3.09. The van der Waals surface area contributed by atoms with Gasteiger partial charge >= 0.3 is 0 Å². The summed E-state index contributed by atoms with van der Waals surface area (Å²) in [5.74, 6) is 0.844. The van der Waals surface area contributed by atoms with Crippen molar-refractivity contribution in [2.24, 2.45) is 0 Å². The number of nitrogens with one attached hydrogen (secondary N) is 1. The second-order valence-corrected chi connectivity index (χ2v) is 5.93. The Hall–Kier alpha value is -3.06. The minimum atomic E-state index is -0.420. The molecule has 128 valence electrons. The summed E-state index contributed by atoms with van der Waals surface area (Å²) in [6.07, 6.45) is 0. The van der Waals surface area contributed by atoms with E-state index in [0.29, 0.717) is 22.3 Å². The van der Waals surface area contributed by atoms with Crippen LogP contribution in [0.4, 0.5) is 5.13 Å². The lowest BCUT2D eigenvalue weighted by Crippen LogP contribution is -2.11. The fourth-order valence-corrected chi connectivity index (χ4v) is 3.00. The Kier molecular flexibility index (Phi) is 4.85. The molecule has 0 bridgehead atoms. The van der Waals surface area contributed by atoms with Crippen LogP contribution >= 0.6 is 11.3 Å². The molecule has 2 aromatic carbocycles. The fourth-order valence-electron chi connectivity index (χ4n) is 2.30. The molecule has 0 fully saturated rings. The van der Waals surface area contributed by atoms with Gasteiger partial charge in [-0.2, -0.15) is 0 Å². The molecule has 1 heterocycles. The number of phenolic OH excluding ortho intramolecular Hbond substituents is 1. The Labute approximate surface area is 148 Å². The van der Waals surface area contributed by atoms with Crippen LogP contribution in [0.25, 0.3) is 11.3 Å². The van der Waals surface area contributed by atoms with Crippen LogP contribution in [-0.2, 0) is 0 Å². The molecule has 7 heteroatoms. The average molecular weight is 356 g/mol. The highest BCUT2D eigenvalue weighted by Gasteiger charge is 2.15. The minimum Gasteiger partial charge on any atom is -0.507 e. The lowest BCUT2D eigenvalue weighted by Gasteiger charge is -2.08. The Bertz CT molecular complexity index is 908. The van der Waals surface area contributed by atoms with Gasteiger partial charge < -0.3 is 14.6 Å². The number of benzene rings is 2. The first-order valence-corrected chi connectivity index (χ1v) is 8.27. The Balaban J connectivity index is 1.86. The number of amides is 1. The van der Waals surface area contributed by atoms with Gasteiger partial charge in [-0.3, -0.25) is 10.1 Å². The van der Waals surface area contributed by atoms with Gasteiger partial charge in [0.05, 0.1) is 25.5 Å². The van der Waals surface area contributed by atoms with Crippen molar-refractivity contribution < 1.29 is 19.4 Å². The topological polar surface area (TPSA) is 80.7 Å². The SMILES string of the molecule is COc1ccc(OC)c(-c2csc(NC(=O)c3ccccc3O)n2)c1. The number of rotatable bonds is 5. The third-order valence-corrected chi connectivity index (χ3v) is 4.31. The normalized spacial score (nSPS) is 10.3. The maximum Gasteiger partial charge on any atom is 0.261 e. The summed E-state index contributed by atoms with van der Waals surface area (Å²) >= 11 is 1.28. The van der Waals surface area contributed by atoms with E-state index in [0.717, 1.165) is 5.56 Å². The van der Waals surface area contributed by atoms with Crippen LogP contribution in [0, 0.1) is 0 Å². The van der Waals surface area contributed by atoms with Gasteiger partial charge in [-0.05, 0) is 30.3 Å². The molecule has 0 saturated heterocycles. The summed E-state index contributed by atoms with van der Waals surface area (Å²) in [6, 6.07) is 11.8. The molecule has 0 unspecified atom stereocenters. The van der Waals surface area contributed by atoms with Gasteiger partial charge in [0.2, 0.25) is 0 Å².